The highest BCUT2D eigenvalue weighted by atomic mass is 16.5. The van der Waals surface area contributed by atoms with E-state index in [0.29, 0.717) is 13.2 Å². The fraction of sp³-hybridized carbons (Fsp3) is 0.143. The zero-order valence-electron chi connectivity index (χ0n) is 9.74. The van der Waals surface area contributed by atoms with E-state index in [1.54, 1.807) is 0 Å². The molecule has 0 fully saturated rings. The second-order valence-electron chi connectivity index (χ2n) is 3.83. The quantitative estimate of drug-likeness (QED) is 0.701. The summed E-state index contributed by atoms with van der Waals surface area (Å²) in [6.45, 7) is 0.974. The van der Waals surface area contributed by atoms with E-state index >= 15 is 0 Å². The highest BCUT2D eigenvalue weighted by Crippen LogP contribution is 2.33. The smallest absolute Gasteiger partial charge is 0.146 e. The van der Waals surface area contributed by atoms with Gasteiger partial charge < -0.3 is 9.47 Å². The van der Waals surface area contributed by atoms with E-state index in [0.717, 1.165) is 22.9 Å². The Labute approximate surface area is 105 Å². The van der Waals surface area contributed by atoms with E-state index in [2.05, 4.69) is 10.2 Å². The Balaban J connectivity index is 2.04. The number of azo groups is 1. The van der Waals surface area contributed by atoms with Crippen molar-refractivity contribution in [2.24, 2.45) is 10.2 Å². The van der Waals surface area contributed by atoms with Crippen LogP contribution in [-0.2, 0) is 0 Å². The summed E-state index contributed by atoms with van der Waals surface area (Å²) >= 11 is 0. The first-order chi connectivity index (χ1) is 8.93. The van der Waals surface area contributed by atoms with Crippen LogP contribution in [0.1, 0.15) is 0 Å². The summed E-state index contributed by atoms with van der Waals surface area (Å²) in [7, 11) is 0. The standard InChI is InChI=1S/C14H12N2O2/c1-3-7-13-11(5-1)15-16-12-6-2-4-8-14(12)18-10-9-17-13/h1-8H,9-10H2. The summed E-state index contributed by atoms with van der Waals surface area (Å²) < 4.78 is 11.2. The predicted molar refractivity (Wildman–Crippen MR) is 68.1 cm³/mol. The highest BCUT2D eigenvalue weighted by Gasteiger charge is 2.07. The van der Waals surface area contributed by atoms with E-state index in [9.17, 15) is 0 Å². The molecule has 4 heteroatoms. The van der Waals surface area contributed by atoms with Gasteiger partial charge >= 0.3 is 0 Å². The number of hydrogen-bond acceptors (Lipinski definition) is 4. The zero-order valence-corrected chi connectivity index (χ0v) is 9.74. The van der Waals surface area contributed by atoms with E-state index in [1.165, 1.54) is 0 Å². The van der Waals surface area contributed by atoms with Crippen LogP contribution >= 0.6 is 0 Å². The maximum Gasteiger partial charge on any atom is 0.146 e. The number of rotatable bonds is 0. The lowest BCUT2D eigenvalue weighted by molar-refractivity contribution is 0.217. The summed E-state index contributed by atoms with van der Waals surface area (Å²) in [5.41, 5.74) is 1.46. The molecule has 0 saturated carbocycles. The van der Waals surface area contributed by atoms with Crippen LogP contribution in [0.5, 0.6) is 11.5 Å². The Kier molecular flexibility index (Phi) is 2.92. The molecule has 0 spiro atoms. The van der Waals surface area contributed by atoms with Gasteiger partial charge in [-0.1, -0.05) is 24.3 Å². The predicted octanol–water partition coefficient (Wildman–Crippen LogP) is 3.87. The van der Waals surface area contributed by atoms with E-state index in [-0.39, 0.29) is 0 Å². The van der Waals surface area contributed by atoms with Crippen molar-refractivity contribution in [2.75, 3.05) is 13.2 Å². The van der Waals surface area contributed by atoms with Gasteiger partial charge in [0.15, 0.2) is 0 Å². The minimum absolute atomic E-state index is 0.487. The van der Waals surface area contributed by atoms with Crippen molar-refractivity contribution in [1.29, 1.82) is 0 Å². The number of benzene rings is 2. The van der Waals surface area contributed by atoms with Crippen molar-refractivity contribution >= 4 is 11.4 Å². The monoisotopic (exact) mass is 240 g/mol. The largest absolute Gasteiger partial charge is 0.488 e. The minimum atomic E-state index is 0.487. The molecule has 0 aromatic heterocycles. The van der Waals surface area contributed by atoms with E-state index in [1.807, 2.05) is 48.5 Å². The van der Waals surface area contributed by atoms with Crippen LogP contribution in [0, 0.1) is 0 Å². The fourth-order valence-corrected chi connectivity index (χ4v) is 1.73. The van der Waals surface area contributed by atoms with Gasteiger partial charge in [-0.15, -0.1) is 10.2 Å². The average Bonchev–Trinajstić information content (AvgIpc) is 2.44. The molecule has 1 heterocycles. The number of fused-ring (bicyclic) bond motifs is 2. The molecule has 0 aliphatic carbocycles. The second kappa shape index (κ2) is 4.87. The first-order valence-electron chi connectivity index (χ1n) is 5.79. The van der Waals surface area contributed by atoms with Crippen LogP contribution in [0.2, 0.25) is 0 Å². The molecule has 0 radical (unpaired) electrons. The molecule has 0 saturated heterocycles. The van der Waals surface area contributed by atoms with Crippen molar-refractivity contribution in [3.05, 3.63) is 48.5 Å². The zero-order chi connectivity index (χ0) is 12.2. The van der Waals surface area contributed by atoms with Gasteiger partial charge in [0.05, 0.1) is 0 Å². The summed E-state index contributed by atoms with van der Waals surface area (Å²) in [6, 6.07) is 15.2. The molecule has 90 valence electrons. The first-order valence-corrected chi connectivity index (χ1v) is 5.79. The minimum Gasteiger partial charge on any atom is -0.488 e. The van der Waals surface area contributed by atoms with Gasteiger partial charge in [-0.3, -0.25) is 0 Å². The molecule has 18 heavy (non-hydrogen) atoms. The van der Waals surface area contributed by atoms with Gasteiger partial charge in [0, 0.05) is 0 Å². The lowest BCUT2D eigenvalue weighted by atomic mass is 10.3. The average molecular weight is 240 g/mol. The molecular weight excluding hydrogens is 228 g/mol. The van der Waals surface area contributed by atoms with Crippen molar-refractivity contribution in [2.45, 2.75) is 0 Å². The molecule has 0 N–H and O–H groups in total. The van der Waals surface area contributed by atoms with E-state index in [4.69, 9.17) is 9.47 Å². The topological polar surface area (TPSA) is 43.2 Å². The molecule has 0 atom stereocenters. The van der Waals surface area contributed by atoms with Crippen LogP contribution in [0.3, 0.4) is 0 Å². The fourth-order valence-electron chi connectivity index (χ4n) is 1.73. The molecule has 0 amide bonds. The van der Waals surface area contributed by atoms with Gasteiger partial charge in [-0.2, -0.15) is 0 Å². The molecule has 2 aromatic carbocycles. The summed E-state index contributed by atoms with van der Waals surface area (Å²) in [4.78, 5) is 0. The molecule has 1 aliphatic rings. The molecule has 2 aromatic rings. The van der Waals surface area contributed by atoms with Crippen molar-refractivity contribution in [3.8, 4) is 11.5 Å². The number of hydrogen-bond donors (Lipinski definition) is 0. The van der Waals surface area contributed by atoms with Crippen LogP contribution < -0.4 is 9.47 Å². The van der Waals surface area contributed by atoms with Crippen LogP contribution in [0.15, 0.2) is 58.8 Å². The van der Waals surface area contributed by atoms with Crippen LogP contribution in [-0.4, -0.2) is 13.2 Å². The van der Waals surface area contributed by atoms with Crippen molar-refractivity contribution in [1.82, 2.24) is 0 Å². The van der Waals surface area contributed by atoms with Gasteiger partial charge in [-0.05, 0) is 24.3 Å². The first kappa shape index (κ1) is 10.8. The Morgan fingerprint density at radius 1 is 0.667 bits per heavy atom. The normalized spacial score (nSPS) is 13.8. The third-order valence-electron chi connectivity index (χ3n) is 2.59. The number of ether oxygens (including phenoxy) is 2. The van der Waals surface area contributed by atoms with Gasteiger partial charge in [0.2, 0.25) is 0 Å². The molecule has 0 bridgehead atoms. The van der Waals surface area contributed by atoms with Crippen LogP contribution in [0.4, 0.5) is 11.4 Å². The number of nitrogens with zero attached hydrogens (tertiary/aromatic N) is 2. The SMILES string of the molecule is c1ccc2c(c1)N=Nc1ccccc1OCCO2. The second-order valence-corrected chi connectivity index (χ2v) is 3.83. The lowest BCUT2D eigenvalue weighted by Gasteiger charge is -2.12. The molecule has 3 rings (SSSR count). The summed E-state index contributed by atoms with van der Waals surface area (Å²) in [5, 5.41) is 8.42. The Morgan fingerprint density at radius 2 is 1.11 bits per heavy atom. The molecular formula is C14H12N2O2. The molecule has 0 unspecified atom stereocenters. The van der Waals surface area contributed by atoms with E-state index < -0.39 is 0 Å². The number of para-hydroxylation sites is 2. The van der Waals surface area contributed by atoms with Gasteiger partial charge in [0.1, 0.15) is 36.1 Å². The van der Waals surface area contributed by atoms with Gasteiger partial charge in [0.25, 0.3) is 0 Å². The van der Waals surface area contributed by atoms with Crippen molar-refractivity contribution in [3.63, 3.8) is 0 Å². The Morgan fingerprint density at radius 3 is 1.61 bits per heavy atom. The maximum absolute atomic E-state index is 5.60. The third-order valence-corrected chi connectivity index (χ3v) is 2.59. The highest BCUT2D eigenvalue weighted by molar-refractivity contribution is 5.54. The summed E-state index contributed by atoms with van der Waals surface area (Å²) in [5.74, 6) is 1.45. The maximum atomic E-state index is 5.60. The van der Waals surface area contributed by atoms with Crippen LogP contribution in [0.25, 0.3) is 0 Å². The van der Waals surface area contributed by atoms with Crippen molar-refractivity contribution < 1.29 is 9.47 Å². The molecule has 1 aliphatic heterocycles. The third kappa shape index (κ3) is 2.18. The Bertz CT molecular complexity index is 530. The summed E-state index contributed by atoms with van der Waals surface area (Å²) in [6.07, 6.45) is 0. The lowest BCUT2D eigenvalue weighted by Crippen LogP contribution is -2.09. The van der Waals surface area contributed by atoms with Gasteiger partial charge in [-0.25, -0.2) is 0 Å². The Hall–Kier alpha value is -2.36. The molecule has 4 nitrogen and oxygen atoms in total.